The van der Waals surface area contributed by atoms with Crippen molar-refractivity contribution in [1.82, 2.24) is 4.72 Å². The highest BCUT2D eigenvalue weighted by atomic mass is 35.5. The molecule has 7 heteroatoms. The van der Waals surface area contributed by atoms with Crippen LogP contribution in [0.3, 0.4) is 0 Å². The second-order valence-corrected chi connectivity index (χ2v) is 6.98. The fourth-order valence-electron chi connectivity index (χ4n) is 1.88. The van der Waals surface area contributed by atoms with Gasteiger partial charge < -0.3 is 5.11 Å². The molecule has 2 N–H and O–H groups in total. The fourth-order valence-corrected chi connectivity index (χ4v) is 3.87. The Morgan fingerprint density at radius 3 is 2.50 bits per heavy atom. The molecule has 1 aromatic carbocycles. The van der Waals surface area contributed by atoms with Gasteiger partial charge in [-0.25, -0.2) is 8.42 Å². The molecule has 0 fully saturated rings. The topological polar surface area (TPSA) is 83.5 Å². The third-order valence-electron chi connectivity index (χ3n) is 2.96. The maximum atomic E-state index is 12.3. The van der Waals surface area contributed by atoms with E-state index in [-0.39, 0.29) is 16.3 Å². The van der Waals surface area contributed by atoms with Crippen LogP contribution in [0.25, 0.3) is 0 Å². The van der Waals surface area contributed by atoms with Crippen molar-refractivity contribution < 1.29 is 18.3 Å². The number of hydrogen-bond donors (Lipinski definition) is 2. The highest BCUT2D eigenvalue weighted by Crippen LogP contribution is 2.25. The summed E-state index contributed by atoms with van der Waals surface area (Å²) in [4.78, 5) is 11.2. The maximum absolute atomic E-state index is 12.3. The van der Waals surface area contributed by atoms with Crippen LogP contribution in [-0.4, -0.2) is 25.0 Å². The van der Waals surface area contributed by atoms with Gasteiger partial charge in [0.1, 0.15) is 10.4 Å². The summed E-state index contributed by atoms with van der Waals surface area (Å²) in [5.41, 5.74) is -0.731. The molecule has 0 heterocycles. The van der Waals surface area contributed by atoms with Crippen molar-refractivity contribution in [3.63, 3.8) is 0 Å². The van der Waals surface area contributed by atoms with Crippen LogP contribution in [-0.2, 0) is 14.8 Å². The van der Waals surface area contributed by atoms with Gasteiger partial charge in [-0.3, -0.25) is 4.79 Å². The van der Waals surface area contributed by atoms with E-state index in [9.17, 15) is 18.3 Å². The Morgan fingerprint density at radius 2 is 2.05 bits per heavy atom. The average Bonchev–Trinajstić information content (AvgIpc) is 2.27. The van der Waals surface area contributed by atoms with Crippen LogP contribution in [0.15, 0.2) is 23.1 Å². The van der Waals surface area contributed by atoms with Crippen molar-refractivity contribution in [2.24, 2.45) is 0 Å². The summed E-state index contributed by atoms with van der Waals surface area (Å²) in [7, 11) is -4.00. The van der Waals surface area contributed by atoms with E-state index in [2.05, 4.69) is 4.72 Å². The number of rotatable bonds is 6. The molecule has 0 amide bonds. The van der Waals surface area contributed by atoms with Crippen molar-refractivity contribution in [1.29, 1.82) is 0 Å². The summed E-state index contributed by atoms with van der Waals surface area (Å²) in [6.07, 6.45) is 0.720. The van der Waals surface area contributed by atoms with Gasteiger partial charge in [0, 0.05) is 0 Å². The summed E-state index contributed by atoms with van der Waals surface area (Å²) in [6.45, 7) is 4.92. The monoisotopic (exact) mass is 319 g/mol. The first-order valence-corrected chi connectivity index (χ1v) is 8.02. The molecular formula is C13H18ClNO4S. The Bertz CT molecular complexity index is 615. The number of nitrogens with one attached hydrogen (secondary N) is 1. The zero-order valence-electron chi connectivity index (χ0n) is 11.6. The second-order valence-electron chi connectivity index (χ2n) is 4.93. The van der Waals surface area contributed by atoms with E-state index in [4.69, 9.17) is 11.6 Å². The fraction of sp³-hybridized carbons (Fsp3) is 0.462. The van der Waals surface area contributed by atoms with Crippen LogP contribution < -0.4 is 4.72 Å². The van der Waals surface area contributed by atoms with Crippen LogP contribution in [0.5, 0.6) is 0 Å². The predicted octanol–water partition coefficient (Wildman–Crippen LogP) is 2.57. The van der Waals surface area contributed by atoms with Gasteiger partial charge in [-0.05, 0) is 38.0 Å². The van der Waals surface area contributed by atoms with Gasteiger partial charge >= 0.3 is 5.97 Å². The van der Waals surface area contributed by atoms with Gasteiger partial charge in [0.15, 0.2) is 0 Å². The molecule has 1 aromatic rings. The summed E-state index contributed by atoms with van der Waals surface area (Å²) in [5.74, 6) is -1.22. The third kappa shape index (κ3) is 3.71. The average molecular weight is 320 g/mol. The molecule has 0 aromatic heterocycles. The van der Waals surface area contributed by atoms with Gasteiger partial charge in [0.25, 0.3) is 0 Å². The van der Waals surface area contributed by atoms with E-state index in [0.717, 1.165) is 5.56 Å². The number of carboxylic acids is 1. The molecule has 20 heavy (non-hydrogen) atoms. The summed E-state index contributed by atoms with van der Waals surface area (Å²) in [5, 5.41) is 9.30. The molecule has 0 bridgehead atoms. The molecule has 0 aliphatic rings. The number of aryl methyl sites for hydroxylation is 1. The van der Waals surface area contributed by atoms with E-state index in [1.807, 2.05) is 0 Å². The number of aliphatic carboxylic acids is 1. The molecular weight excluding hydrogens is 302 g/mol. The standard InChI is InChI=1S/C13H18ClNO4S/c1-4-7-13(3,12(16)17)15-20(18,19)11-6-5-9(2)8-10(11)14/h5-6,8,15H,4,7H2,1-3H3,(H,16,17). The number of halogens is 1. The first-order chi connectivity index (χ1) is 9.12. The van der Waals surface area contributed by atoms with Gasteiger partial charge in [-0.1, -0.05) is 31.0 Å². The van der Waals surface area contributed by atoms with Gasteiger partial charge in [0.05, 0.1) is 5.02 Å². The molecule has 1 atom stereocenters. The summed E-state index contributed by atoms with van der Waals surface area (Å²) >= 11 is 5.93. The Hall–Kier alpha value is -1.11. The van der Waals surface area contributed by atoms with E-state index >= 15 is 0 Å². The Balaban J connectivity index is 3.20. The number of sulfonamides is 1. The molecule has 0 radical (unpaired) electrons. The van der Waals surface area contributed by atoms with E-state index in [1.165, 1.54) is 19.1 Å². The van der Waals surface area contributed by atoms with Crippen LogP contribution in [0.4, 0.5) is 0 Å². The Morgan fingerprint density at radius 1 is 1.45 bits per heavy atom. The minimum Gasteiger partial charge on any atom is -0.480 e. The van der Waals surface area contributed by atoms with Crippen molar-refractivity contribution in [3.8, 4) is 0 Å². The van der Waals surface area contributed by atoms with Crippen molar-refractivity contribution in [3.05, 3.63) is 28.8 Å². The normalized spacial score (nSPS) is 14.8. The highest BCUT2D eigenvalue weighted by molar-refractivity contribution is 7.89. The number of hydrogen-bond acceptors (Lipinski definition) is 3. The highest BCUT2D eigenvalue weighted by Gasteiger charge is 2.37. The lowest BCUT2D eigenvalue weighted by Gasteiger charge is -2.25. The molecule has 0 saturated heterocycles. The SMILES string of the molecule is CCCC(C)(NS(=O)(=O)c1ccc(C)cc1Cl)C(=O)O. The molecule has 0 saturated carbocycles. The molecule has 0 aliphatic heterocycles. The first kappa shape index (κ1) is 16.9. The molecule has 112 valence electrons. The smallest absolute Gasteiger partial charge is 0.324 e. The number of carboxylic acid groups (broad SMARTS) is 1. The number of benzene rings is 1. The van der Waals surface area contributed by atoms with E-state index in [1.54, 1.807) is 19.9 Å². The molecule has 1 rings (SSSR count). The van der Waals surface area contributed by atoms with Gasteiger partial charge in [-0.15, -0.1) is 0 Å². The van der Waals surface area contributed by atoms with Crippen molar-refractivity contribution in [2.75, 3.05) is 0 Å². The van der Waals surface area contributed by atoms with E-state index in [0.29, 0.717) is 6.42 Å². The minimum absolute atomic E-state index is 0.0711. The van der Waals surface area contributed by atoms with E-state index < -0.39 is 21.5 Å². The van der Waals surface area contributed by atoms with Crippen LogP contribution in [0.1, 0.15) is 32.3 Å². The molecule has 1 unspecified atom stereocenters. The number of carbonyl (C=O) groups is 1. The lowest BCUT2D eigenvalue weighted by molar-refractivity contribution is -0.143. The molecule has 0 aliphatic carbocycles. The second kappa shape index (κ2) is 6.11. The van der Waals surface area contributed by atoms with Crippen LogP contribution in [0.2, 0.25) is 5.02 Å². The molecule has 5 nitrogen and oxygen atoms in total. The third-order valence-corrected chi connectivity index (χ3v) is 5.04. The minimum atomic E-state index is -4.00. The maximum Gasteiger partial charge on any atom is 0.324 e. The Labute approximate surface area is 124 Å². The van der Waals surface area contributed by atoms with Gasteiger partial charge in [-0.2, -0.15) is 4.72 Å². The zero-order valence-corrected chi connectivity index (χ0v) is 13.2. The van der Waals surface area contributed by atoms with Crippen molar-refractivity contribution in [2.45, 2.75) is 44.0 Å². The van der Waals surface area contributed by atoms with Crippen molar-refractivity contribution >= 4 is 27.6 Å². The summed E-state index contributed by atoms with van der Waals surface area (Å²) in [6, 6.07) is 4.50. The first-order valence-electron chi connectivity index (χ1n) is 6.16. The lowest BCUT2D eigenvalue weighted by Crippen LogP contribution is -2.51. The Kier molecular flexibility index (Phi) is 5.18. The quantitative estimate of drug-likeness (QED) is 0.844. The largest absolute Gasteiger partial charge is 0.480 e. The van der Waals surface area contributed by atoms with Crippen LogP contribution in [0, 0.1) is 6.92 Å². The van der Waals surface area contributed by atoms with Crippen LogP contribution >= 0.6 is 11.6 Å². The zero-order chi connectivity index (χ0) is 15.6. The lowest BCUT2D eigenvalue weighted by atomic mass is 9.98. The van der Waals surface area contributed by atoms with Gasteiger partial charge in [0.2, 0.25) is 10.0 Å². The predicted molar refractivity (Wildman–Crippen MR) is 77.5 cm³/mol. The molecule has 0 spiro atoms. The summed E-state index contributed by atoms with van der Waals surface area (Å²) < 4.78 is 26.8.